The highest BCUT2D eigenvalue weighted by atomic mass is 16.5. The Kier molecular flexibility index (Phi) is 42.8. The number of ketones is 3. The van der Waals surface area contributed by atoms with Gasteiger partial charge >= 0.3 is 0 Å². The number of amides is 9. The van der Waals surface area contributed by atoms with Gasteiger partial charge in [-0.25, -0.2) is 0 Å². The van der Waals surface area contributed by atoms with Crippen LogP contribution in [0.2, 0.25) is 0 Å². The van der Waals surface area contributed by atoms with Crippen molar-refractivity contribution in [3.05, 3.63) is 154 Å². The fraction of sp³-hybridized carbons (Fsp3) is 0.515. The summed E-state index contributed by atoms with van der Waals surface area (Å²) in [6.45, 7) is 15.1. The minimum absolute atomic E-state index is 0.000440. The van der Waals surface area contributed by atoms with E-state index in [-0.39, 0.29) is 118 Å². The minimum Gasteiger partial charge on any atom is -0.493 e. The summed E-state index contributed by atoms with van der Waals surface area (Å²) in [5.74, 6) is -1.19. The number of Topliss-reactive ketones (excluding diaryl/α,β-unsaturated/α-hetero) is 3. The van der Waals surface area contributed by atoms with Gasteiger partial charge in [0.1, 0.15) is 49.4 Å². The molecular weight excluding hydrogens is 1690 g/mol. The average molecular weight is 1820 g/mol. The van der Waals surface area contributed by atoms with Gasteiger partial charge in [-0.15, -0.1) is 0 Å². The number of azo groups is 3. The van der Waals surface area contributed by atoms with Crippen LogP contribution < -0.4 is 34.9 Å². The first-order valence-corrected chi connectivity index (χ1v) is 46.5. The number of fused-ring (bicyclic) bond motifs is 3. The second-order valence-corrected chi connectivity index (χ2v) is 33.1. The molecule has 6 aliphatic heterocycles. The fourth-order valence-electron chi connectivity index (χ4n) is 15.6. The van der Waals surface area contributed by atoms with Crippen molar-refractivity contribution in [1.82, 2.24) is 30.7 Å². The van der Waals surface area contributed by atoms with Crippen LogP contribution in [0.25, 0.3) is 0 Å². The lowest BCUT2D eigenvalue weighted by Gasteiger charge is -2.29. The number of hydrogen-bond donors (Lipinski definition) is 3. The van der Waals surface area contributed by atoms with Crippen molar-refractivity contribution < 1.29 is 100 Å². The van der Waals surface area contributed by atoms with Crippen molar-refractivity contribution in [2.24, 2.45) is 30.7 Å². The first-order chi connectivity index (χ1) is 64.2. The predicted octanol–water partition coefficient (Wildman–Crippen LogP) is 17.1. The van der Waals surface area contributed by atoms with E-state index >= 15 is 0 Å². The van der Waals surface area contributed by atoms with Crippen LogP contribution in [0.1, 0.15) is 247 Å². The van der Waals surface area contributed by atoms with Gasteiger partial charge in [0.2, 0.25) is 35.4 Å². The number of unbranched alkanes of at least 4 members (excludes halogenated alkanes) is 12. The van der Waals surface area contributed by atoms with Crippen LogP contribution >= 0.6 is 0 Å². The van der Waals surface area contributed by atoms with E-state index < -0.39 is 35.8 Å². The number of rotatable bonds is 55. The van der Waals surface area contributed by atoms with Gasteiger partial charge in [-0.2, -0.15) is 30.7 Å². The number of benzene rings is 6. The molecule has 12 rings (SSSR count). The Morgan fingerprint density at radius 3 is 0.992 bits per heavy atom. The van der Waals surface area contributed by atoms with Crippen LogP contribution in [0.4, 0.5) is 34.1 Å². The van der Waals surface area contributed by atoms with Crippen LogP contribution in [-0.2, 0) is 86.5 Å². The Hall–Kier alpha value is -12.0. The van der Waals surface area contributed by atoms with Crippen molar-refractivity contribution in [2.75, 3.05) is 93.0 Å². The van der Waals surface area contributed by atoms with Gasteiger partial charge in [-0.3, -0.25) is 73.5 Å². The molecule has 0 aliphatic carbocycles. The number of ether oxygens (including phenoxy) is 9. The Morgan fingerprint density at radius 2 is 0.667 bits per heavy atom. The van der Waals surface area contributed by atoms with Gasteiger partial charge in [-0.1, -0.05) is 116 Å². The molecule has 708 valence electrons. The van der Waals surface area contributed by atoms with E-state index in [2.05, 4.69) is 67.4 Å². The van der Waals surface area contributed by atoms with Gasteiger partial charge in [0, 0.05) is 137 Å². The summed E-state index contributed by atoms with van der Waals surface area (Å²) in [4.78, 5) is 152. The van der Waals surface area contributed by atoms with Crippen LogP contribution in [0.5, 0.6) is 23.0 Å². The Labute approximate surface area is 771 Å². The molecule has 33 heteroatoms. The molecule has 0 radical (unpaired) electrons. The molecule has 6 aromatic rings. The molecule has 3 N–H and O–H groups in total. The van der Waals surface area contributed by atoms with Crippen LogP contribution in [0.3, 0.4) is 0 Å². The van der Waals surface area contributed by atoms with Gasteiger partial charge in [0.25, 0.3) is 17.7 Å². The maximum atomic E-state index is 13.1. The summed E-state index contributed by atoms with van der Waals surface area (Å²) in [5, 5.41) is 33.0. The fourth-order valence-corrected chi connectivity index (χ4v) is 15.6. The SMILES string of the molecule is CCCCCCCOCCCC(=O)COc1ccc(N=Nc2cccc3c2CN(C2CCC(=O)NC2=O)C3=O)cc1.CCCCCCCOCCOCCCC(=O)COc1c(C)cc(N=Nc2cccc3c2CN(C2CCC(=O)NC2=O)C3=O)cc1OC.CCCCCCCOCCOCCCC(=O)COc1ccc(N=Nc2cccc3c2CN(C2CCC(=O)NC2=O)C3=O)cc1. The summed E-state index contributed by atoms with van der Waals surface area (Å²) in [6, 6.07) is 30.8. The molecule has 6 aromatic carbocycles. The van der Waals surface area contributed by atoms with Crippen LogP contribution in [-0.4, -0.2) is 196 Å². The predicted molar refractivity (Wildman–Crippen MR) is 490 cm³/mol. The minimum atomic E-state index is -0.711. The number of carbonyl (C=O) groups excluding carboxylic acids is 12. The van der Waals surface area contributed by atoms with Crippen molar-refractivity contribution in [1.29, 1.82) is 0 Å². The molecule has 3 atom stereocenters. The maximum Gasteiger partial charge on any atom is 0.255 e. The molecule has 3 unspecified atom stereocenters. The molecule has 3 fully saturated rings. The van der Waals surface area contributed by atoms with Crippen molar-refractivity contribution in [3.8, 4) is 23.0 Å². The molecule has 0 spiro atoms. The lowest BCUT2D eigenvalue weighted by molar-refractivity contribution is -0.138. The average Bonchev–Trinajstić information content (AvgIpc) is 1.63. The molecule has 6 heterocycles. The van der Waals surface area contributed by atoms with E-state index in [4.69, 9.17) is 42.6 Å². The monoisotopic (exact) mass is 1820 g/mol. The van der Waals surface area contributed by atoms with Gasteiger partial charge in [0.05, 0.1) is 67.7 Å². The maximum absolute atomic E-state index is 13.1. The number of aryl methyl sites for hydroxylation is 1. The zero-order valence-corrected chi connectivity index (χ0v) is 76.7. The summed E-state index contributed by atoms with van der Waals surface area (Å²) >= 11 is 0. The molecule has 9 amide bonds. The van der Waals surface area contributed by atoms with E-state index in [1.807, 2.05) is 6.92 Å². The zero-order valence-electron chi connectivity index (χ0n) is 76.7. The normalized spacial score (nSPS) is 16.4. The first-order valence-electron chi connectivity index (χ1n) is 46.5. The quantitative estimate of drug-likeness (QED) is 0.0181. The lowest BCUT2D eigenvalue weighted by Crippen LogP contribution is -2.52. The van der Waals surface area contributed by atoms with Crippen molar-refractivity contribution in [2.45, 2.75) is 239 Å². The Balaban J connectivity index is 0.000000206. The second kappa shape index (κ2) is 55.3. The van der Waals surface area contributed by atoms with E-state index in [0.29, 0.717) is 188 Å². The van der Waals surface area contributed by atoms with E-state index in [9.17, 15) is 57.5 Å². The molecule has 0 bridgehead atoms. The number of imide groups is 3. The number of nitrogens with zero attached hydrogens (tertiary/aromatic N) is 9. The lowest BCUT2D eigenvalue weighted by atomic mass is 10.0. The zero-order chi connectivity index (χ0) is 93.8. The summed E-state index contributed by atoms with van der Waals surface area (Å²) in [7, 11) is 1.51. The standard InChI is InChI=1S/C35H46N4O8.C33H42N4O7.C31H38N4O6/c1-4-5-6-7-8-16-45-18-19-46-17-10-11-26(40)23-47-33-24(2)20-25(21-31(33)44-3)37-38-29-13-9-12-27-28(29)22-39(35(27)43)30-14-15-32(41)36-34(30)42;1-2-3-4-5-6-18-42-20-21-43-19-8-9-25(38)23-44-26-14-12-24(13-15-26)35-36-29-11-7-10-27-28(29)22-37(33(27)41)30-16-17-31(39)34-32(30)40;1-2-3-4-5-6-18-40-19-8-9-23(36)21-41-24-14-12-22(13-15-24)33-34-27-11-7-10-25-26(27)20-35(31(25)39)28-16-17-29(37)32-30(28)38/h9,12-13,20-21,30H,4-8,10-11,14-19,22-23H2,1-3H3,(H,36,41,42);7,10-15,30H,2-6,8-9,16-23H2,1H3,(H,34,39,40);7,10-15,28H,2-6,8-9,16-21H2,1H3,(H,32,37,38). The number of methoxy groups -OCH3 is 1. The highest BCUT2D eigenvalue weighted by molar-refractivity contribution is 6.08. The third-order valence-electron chi connectivity index (χ3n) is 22.9. The van der Waals surface area contributed by atoms with Crippen molar-refractivity contribution >= 4 is 105 Å². The van der Waals surface area contributed by atoms with Crippen LogP contribution in [0, 0.1) is 6.92 Å². The number of hydrogen-bond acceptors (Lipinski definition) is 27. The van der Waals surface area contributed by atoms with E-state index in [1.165, 1.54) is 98.9 Å². The van der Waals surface area contributed by atoms with E-state index in [0.717, 1.165) is 44.6 Å². The highest BCUT2D eigenvalue weighted by Crippen LogP contribution is 2.41. The third kappa shape index (κ3) is 32.2. The van der Waals surface area contributed by atoms with Gasteiger partial charge in [-0.05, 0) is 161 Å². The molecule has 132 heavy (non-hydrogen) atoms. The van der Waals surface area contributed by atoms with Crippen LogP contribution in [0.15, 0.2) is 146 Å². The summed E-state index contributed by atoms with van der Waals surface area (Å²) < 4.78 is 50.5. The molecule has 6 aliphatic rings. The topological polar surface area (TPSA) is 408 Å². The Morgan fingerprint density at radius 1 is 0.356 bits per heavy atom. The summed E-state index contributed by atoms with van der Waals surface area (Å²) in [6.07, 6.45) is 22.7. The van der Waals surface area contributed by atoms with E-state index in [1.54, 1.807) is 115 Å². The number of carbonyl (C=O) groups is 12. The smallest absolute Gasteiger partial charge is 0.255 e. The number of piperidine rings is 3. The Bertz CT molecular complexity index is 4980. The molecule has 33 nitrogen and oxygen atoms in total. The number of nitrogens with one attached hydrogen (secondary N) is 3. The largest absolute Gasteiger partial charge is 0.493 e. The molecule has 0 saturated carbocycles. The van der Waals surface area contributed by atoms with Crippen molar-refractivity contribution in [3.63, 3.8) is 0 Å². The summed E-state index contributed by atoms with van der Waals surface area (Å²) in [5.41, 5.74) is 7.42. The third-order valence-corrected chi connectivity index (χ3v) is 22.9. The molecular formula is C99H126N12O21. The highest BCUT2D eigenvalue weighted by Gasteiger charge is 2.43. The first kappa shape index (κ1) is 102. The molecule has 3 saturated heterocycles. The van der Waals surface area contributed by atoms with Gasteiger partial charge < -0.3 is 57.3 Å². The second-order valence-electron chi connectivity index (χ2n) is 33.1. The van der Waals surface area contributed by atoms with Gasteiger partial charge in [0.15, 0.2) is 28.8 Å². The molecule has 0 aromatic heterocycles.